The number of aromatic amines is 1. The lowest BCUT2D eigenvalue weighted by molar-refractivity contribution is 0.0525. The maximum Gasteiger partial charge on any atom is 0.340 e. The Kier molecular flexibility index (Phi) is 6.58. The minimum atomic E-state index is -0.408. The van der Waals surface area contributed by atoms with Crippen LogP contribution in [0, 0.1) is 13.8 Å². The van der Waals surface area contributed by atoms with E-state index in [1.807, 2.05) is 26.2 Å². The molecule has 0 spiro atoms. The number of hydrogen-bond acceptors (Lipinski definition) is 4. The Bertz CT molecular complexity index is 776. The first-order chi connectivity index (χ1) is 12.3. The van der Waals surface area contributed by atoms with Crippen LogP contribution in [0.1, 0.15) is 50.2 Å². The van der Waals surface area contributed by atoms with Crippen molar-refractivity contribution in [3.8, 4) is 0 Å². The van der Waals surface area contributed by atoms with Crippen LogP contribution in [0.4, 0.5) is 0 Å². The molecule has 26 heavy (non-hydrogen) atoms. The standard InChI is InChI=1S/C20H27N3O3/c1-6-26-20(25)17-13(2)18(22-14(17)3)19(24)21-11-15-7-9-16(10-8-15)12-23(4)5/h7-10,22H,6,11-12H2,1-5H3,(H,21,24). The van der Waals surface area contributed by atoms with E-state index in [9.17, 15) is 9.59 Å². The van der Waals surface area contributed by atoms with Crippen molar-refractivity contribution in [1.82, 2.24) is 15.2 Å². The quantitative estimate of drug-likeness (QED) is 0.747. The summed E-state index contributed by atoms with van der Waals surface area (Å²) in [7, 11) is 4.05. The molecule has 1 aromatic carbocycles. The molecule has 2 N–H and O–H groups in total. The molecule has 0 saturated carbocycles. The highest BCUT2D eigenvalue weighted by atomic mass is 16.5. The van der Waals surface area contributed by atoms with E-state index in [0.717, 1.165) is 12.1 Å². The summed E-state index contributed by atoms with van der Waals surface area (Å²) in [5.74, 6) is -0.646. The van der Waals surface area contributed by atoms with Crippen LogP contribution in [0.3, 0.4) is 0 Å². The van der Waals surface area contributed by atoms with Crippen LogP contribution in [0.2, 0.25) is 0 Å². The number of nitrogens with one attached hydrogen (secondary N) is 2. The van der Waals surface area contributed by atoms with Gasteiger partial charge in [-0.1, -0.05) is 24.3 Å². The molecule has 0 bridgehead atoms. The van der Waals surface area contributed by atoms with Crippen molar-refractivity contribution in [2.45, 2.75) is 33.9 Å². The second-order valence-corrected chi connectivity index (χ2v) is 6.58. The fraction of sp³-hybridized carbons (Fsp3) is 0.400. The number of nitrogens with zero attached hydrogens (tertiary/aromatic N) is 1. The SMILES string of the molecule is CCOC(=O)c1c(C)[nH]c(C(=O)NCc2ccc(CN(C)C)cc2)c1C. The van der Waals surface area contributed by atoms with E-state index in [-0.39, 0.29) is 5.91 Å². The molecule has 0 saturated heterocycles. The molecule has 0 unspecified atom stereocenters. The average Bonchev–Trinajstić information content (AvgIpc) is 2.88. The molecule has 0 radical (unpaired) electrons. The predicted octanol–water partition coefficient (Wildman–Crippen LogP) is 2.80. The molecule has 0 aliphatic heterocycles. The van der Waals surface area contributed by atoms with Crippen LogP contribution in [-0.2, 0) is 17.8 Å². The third kappa shape index (κ3) is 4.73. The summed E-state index contributed by atoms with van der Waals surface area (Å²) in [6, 6.07) is 8.14. The molecule has 1 aromatic heterocycles. The average molecular weight is 357 g/mol. The van der Waals surface area contributed by atoms with Crippen molar-refractivity contribution in [3.63, 3.8) is 0 Å². The second kappa shape index (κ2) is 8.67. The van der Waals surface area contributed by atoms with Gasteiger partial charge in [-0.3, -0.25) is 4.79 Å². The number of H-pyrrole nitrogens is 1. The Labute approximate surface area is 154 Å². The van der Waals surface area contributed by atoms with Crippen LogP contribution in [0.5, 0.6) is 0 Å². The molecular formula is C20H27N3O3. The number of esters is 1. The van der Waals surface area contributed by atoms with Gasteiger partial charge in [0.1, 0.15) is 5.69 Å². The molecule has 0 fully saturated rings. The van der Waals surface area contributed by atoms with Gasteiger partial charge in [-0.2, -0.15) is 0 Å². The minimum absolute atomic E-state index is 0.237. The monoisotopic (exact) mass is 357 g/mol. The highest BCUT2D eigenvalue weighted by Gasteiger charge is 2.22. The van der Waals surface area contributed by atoms with Crippen LogP contribution >= 0.6 is 0 Å². The Morgan fingerprint density at radius 1 is 1.12 bits per heavy atom. The van der Waals surface area contributed by atoms with Gasteiger partial charge >= 0.3 is 5.97 Å². The molecular weight excluding hydrogens is 330 g/mol. The van der Waals surface area contributed by atoms with Gasteiger partial charge in [-0.25, -0.2) is 4.79 Å². The molecule has 0 atom stereocenters. The lowest BCUT2D eigenvalue weighted by Gasteiger charge is -2.10. The number of ether oxygens (including phenoxy) is 1. The number of hydrogen-bond donors (Lipinski definition) is 2. The second-order valence-electron chi connectivity index (χ2n) is 6.58. The number of carbonyl (C=O) groups excluding carboxylic acids is 2. The maximum absolute atomic E-state index is 12.5. The first kappa shape index (κ1) is 19.7. The minimum Gasteiger partial charge on any atom is -0.462 e. The zero-order valence-corrected chi connectivity index (χ0v) is 16.1. The van der Waals surface area contributed by atoms with Gasteiger partial charge in [-0.05, 0) is 51.6 Å². The summed E-state index contributed by atoms with van der Waals surface area (Å²) in [6.45, 7) is 6.87. The van der Waals surface area contributed by atoms with Crippen molar-refractivity contribution in [1.29, 1.82) is 0 Å². The summed E-state index contributed by atoms with van der Waals surface area (Å²) in [4.78, 5) is 29.6. The zero-order chi connectivity index (χ0) is 19.3. The number of carbonyl (C=O) groups is 2. The third-order valence-corrected chi connectivity index (χ3v) is 4.12. The van der Waals surface area contributed by atoms with Gasteiger partial charge in [0, 0.05) is 18.8 Å². The first-order valence-corrected chi connectivity index (χ1v) is 8.70. The highest BCUT2D eigenvalue weighted by Crippen LogP contribution is 2.19. The van der Waals surface area contributed by atoms with Crippen LogP contribution in [0.15, 0.2) is 24.3 Å². The number of benzene rings is 1. The van der Waals surface area contributed by atoms with E-state index in [4.69, 9.17) is 4.74 Å². The third-order valence-electron chi connectivity index (χ3n) is 4.12. The van der Waals surface area contributed by atoms with E-state index >= 15 is 0 Å². The fourth-order valence-corrected chi connectivity index (χ4v) is 2.88. The molecule has 2 rings (SSSR count). The van der Waals surface area contributed by atoms with Gasteiger partial charge in [0.2, 0.25) is 0 Å². The Morgan fingerprint density at radius 3 is 2.31 bits per heavy atom. The Hall–Kier alpha value is -2.60. The van der Waals surface area contributed by atoms with Gasteiger partial charge in [0.15, 0.2) is 0 Å². The van der Waals surface area contributed by atoms with Crippen molar-refractivity contribution in [2.75, 3.05) is 20.7 Å². The van der Waals surface area contributed by atoms with E-state index in [0.29, 0.717) is 35.7 Å². The van der Waals surface area contributed by atoms with Crippen LogP contribution < -0.4 is 5.32 Å². The normalized spacial score (nSPS) is 10.8. The number of rotatable bonds is 7. The van der Waals surface area contributed by atoms with Crippen molar-refractivity contribution in [2.24, 2.45) is 0 Å². The zero-order valence-electron chi connectivity index (χ0n) is 16.1. The predicted molar refractivity (Wildman–Crippen MR) is 101 cm³/mol. The van der Waals surface area contributed by atoms with Crippen molar-refractivity contribution in [3.05, 3.63) is 57.9 Å². The summed E-state index contributed by atoms with van der Waals surface area (Å²) in [5, 5.41) is 2.90. The lowest BCUT2D eigenvalue weighted by atomic mass is 10.1. The summed E-state index contributed by atoms with van der Waals surface area (Å²) in [6.07, 6.45) is 0. The first-order valence-electron chi connectivity index (χ1n) is 8.70. The van der Waals surface area contributed by atoms with E-state index in [1.54, 1.807) is 20.8 Å². The molecule has 6 nitrogen and oxygen atoms in total. The Balaban J connectivity index is 2.04. The Morgan fingerprint density at radius 2 is 1.73 bits per heavy atom. The van der Waals surface area contributed by atoms with Crippen LogP contribution in [-0.4, -0.2) is 42.5 Å². The van der Waals surface area contributed by atoms with Gasteiger partial charge in [0.05, 0.1) is 12.2 Å². The molecule has 0 aliphatic rings. The van der Waals surface area contributed by atoms with Gasteiger partial charge in [0.25, 0.3) is 5.91 Å². The van der Waals surface area contributed by atoms with Crippen molar-refractivity contribution >= 4 is 11.9 Å². The molecule has 140 valence electrons. The number of aromatic nitrogens is 1. The molecule has 0 aliphatic carbocycles. The largest absolute Gasteiger partial charge is 0.462 e. The van der Waals surface area contributed by atoms with Gasteiger partial charge < -0.3 is 19.9 Å². The van der Waals surface area contributed by atoms with Crippen molar-refractivity contribution < 1.29 is 14.3 Å². The highest BCUT2D eigenvalue weighted by molar-refractivity contribution is 6.00. The maximum atomic E-state index is 12.5. The number of amides is 1. The van der Waals surface area contributed by atoms with E-state index in [2.05, 4.69) is 27.3 Å². The summed E-state index contributed by atoms with van der Waals surface area (Å²) < 4.78 is 5.06. The lowest BCUT2D eigenvalue weighted by Crippen LogP contribution is -2.24. The summed E-state index contributed by atoms with van der Waals surface area (Å²) in [5.41, 5.74) is 4.33. The van der Waals surface area contributed by atoms with E-state index < -0.39 is 5.97 Å². The molecule has 1 amide bonds. The smallest absolute Gasteiger partial charge is 0.340 e. The van der Waals surface area contributed by atoms with Gasteiger partial charge in [-0.15, -0.1) is 0 Å². The van der Waals surface area contributed by atoms with Crippen LogP contribution in [0.25, 0.3) is 0 Å². The molecule has 1 heterocycles. The molecule has 6 heteroatoms. The topological polar surface area (TPSA) is 74.4 Å². The number of aryl methyl sites for hydroxylation is 1. The molecule has 2 aromatic rings. The fourth-order valence-electron chi connectivity index (χ4n) is 2.88. The summed E-state index contributed by atoms with van der Waals surface area (Å²) >= 11 is 0. The van der Waals surface area contributed by atoms with E-state index in [1.165, 1.54) is 5.56 Å².